The summed E-state index contributed by atoms with van der Waals surface area (Å²) in [5, 5.41) is 10.6. The molecule has 7 atom stereocenters. The molecule has 510 valence electrons. The smallest absolute Gasteiger partial charge is 0.462 e. The van der Waals surface area contributed by atoms with Crippen molar-refractivity contribution in [1.82, 2.24) is 0 Å². The number of hydrogen-bond donors (Lipinski definition) is 3. The molecule has 86 heavy (non-hydrogen) atoms. The molecule has 0 bridgehead atoms. The first kappa shape index (κ1) is 84.1. The van der Waals surface area contributed by atoms with Gasteiger partial charge in [-0.15, -0.1) is 0 Å². The molecule has 17 nitrogen and oxygen atoms in total. The van der Waals surface area contributed by atoms with Gasteiger partial charge < -0.3 is 33.8 Å². The van der Waals surface area contributed by atoms with Gasteiger partial charge in [-0.3, -0.25) is 37.3 Å². The van der Waals surface area contributed by atoms with E-state index in [-0.39, 0.29) is 25.7 Å². The second-order valence-corrected chi connectivity index (χ2v) is 28.6. The molecule has 0 amide bonds. The number of hydrogen-bond acceptors (Lipinski definition) is 15. The van der Waals surface area contributed by atoms with Crippen LogP contribution in [0.5, 0.6) is 0 Å². The Labute approximate surface area is 524 Å². The average molecular weight is 1270 g/mol. The maximum Gasteiger partial charge on any atom is 0.472 e. The molecule has 0 aliphatic rings. The van der Waals surface area contributed by atoms with Crippen LogP contribution in [0, 0.1) is 23.7 Å². The van der Waals surface area contributed by atoms with Gasteiger partial charge in [0.15, 0.2) is 12.2 Å². The van der Waals surface area contributed by atoms with Gasteiger partial charge in [0.2, 0.25) is 0 Å². The second kappa shape index (κ2) is 57.0. The van der Waals surface area contributed by atoms with E-state index in [2.05, 4.69) is 55.4 Å². The Morgan fingerprint density at radius 1 is 0.326 bits per heavy atom. The minimum absolute atomic E-state index is 0.102. The molecular formula is C67H130O17P2. The van der Waals surface area contributed by atoms with Gasteiger partial charge in [0.25, 0.3) is 0 Å². The van der Waals surface area contributed by atoms with Crippen LogP contribution in [-0.2, 0) is 65.4 Å². The second-order valence-electron chi connectivity index (χ2n) is 25.6. The maximum atomic E-state index is 13.0. The Bertz CT molecular complexity index is 1720. The minimum Gasteiger partial charge on any atom is -0.462 e. The summed E-state index contributed by atoms with van der Waals surface area (Å²) in [5.41, 5.74) is 0. The predicted molar refractivity (Wildman–Crippen MR) is 344 cm³/mol. The predicted octanol–water partition coefficient (Wildman–Crippen LogP) is 18.5. The zero-order valence-electron chi connectivity index (χ0n) is 55.9. The normalized spacial score (nSPS) is 15.0. The van der Waals surface area contributed by atoms with Gasteiger partial charge in [-0.2, -0.15) is 0 Å². The molecule has 0 radical (unpaired) electrons. The fourth-order valence-electron chi connectivity index (χ4n) is 9.89. The molecule has 0 aliphatic heterocycles. The van der Waals surface area contributed by atoms with Crippen molar-refractivity contribution in [2.24, 2.45) is 23.7 Å². The lowest BCUT2D eigenvalue weighted by molar-refractivity contribution is -0.161. The van der Waals surface area contributed by atoms with Crippen LogP contribution in [0.25, 0.3) is 0 Å². The van der Waals surface area contributed by atoms with Crippen molar-refractivity contribution in [2.75, 3.05) is 39.6 Å². The largest absolute Gasteiger partial charge is 0.472 e. The van der Waals surface area contributed by atoms with Crippen molar-refractivity contribution in [2.45, 2.75) is 343 Å². The number of carbonyl (C=O) groups excluding carboxylic acids is 4. The highest BCUT2D eigenvalue weighted by molar-refractivity contribution is 7.47. The first-order valence-electron chi connectivity index (χ1n) is 34.8. The van der Waals surface area contributed by atoms with Crippen molar-refractivity contribution in [3.63, 3.8) is 0 Å². The number of esters is 4. The van der Waals surface area contributed by atoms with Crippen LogP contribution in [0.1, 0.15) is 325 Å². The summed E-state index contributed by atoms with van der Waals surface area (Å²) in [6.45, 7) is 14.0. The first-order chi connectivity index (χ1) is 41.2. The third-order valence-electron chi connectivity index (χ3n) is 16.0. The molecule has 0 heterocycles. The molecule has 0 rings (SSSR count). The fraction of sp³-hybridized carbons (Fsp3) is 0.940. The molecule has 0 aliphatic carbocycles. The third-order valence-corrected chi connectivity index (χ3v) is 17.9. The molecule has 0 saturated heterocycles. The molecule has 0 aromatic carbocycles. The van der Waals surface area contributed by atoms with Crippen LogP contribution in [-0.4, -0.2) is 96.7 Å². The molecule has 3 N–H and O–H groups in total. The summed E-state index contributed by atoms with van der Waals surface area (Å²) < 4.78 is 68.1. The van der Waals surface area contributed by atoms with Gasteiger partial charge >= 0.3 is 39.5 Å². The lowest BCUT2D eigenvalue weighted by atomic mass is 9.99. The van der Waals surface area contributed by atoms with Crippen LogP contribution in [0.15, 0.2) is 0 Å². The summed E-state index contributed by atoms with van der Waals surface area (Å²) in [6.07, 6.45) is 37.6. The van der Waals surface area contributed by atoms with Gasteiger partial charge in [-0.1, -0.05) is 274 Å². The lowest BCUT2D eigenvalue weighted by Gasteiger charge is -2.21. The third kappa shape index (κ3) is 58.4. The molecule has 0 aromatic heterocycles. The van der Waals surface area contributed by atoms with E-state index in [1.165, 1.54) is 122 Å². The van der Waals surface area contributed by atoms with Crippen LogP contribution in [0.3, 0.4) is 0 Å². The van der Waals surface area contributed by atoms with E-state index >= 15 is 0 Å². The zero-order chi connectivity index (χ0) is 63.9. The molecule has 0 saturated carbocycles. The van der Waals surface area contributed by atoms with E-state index < -0.39 is 97.5 Å². The number of carbonyl (C=O) groups is 4. The van der Waals surface area contributed by atoms with Gasteiger partial charge in [-0.05, 0) is 49.4 Å². The average Bonchev–Trinajstić information content (AvgIpc) is 3.69. The summed E-state index contributed by atoms with van der Waals surface area (Å²) >= 11 is 0. The van der Waals surface area contributed by atoms with Crippen LogP contribution < -0.4 is 0 Å². The monoisotopic (exact) mass is 1270 g/mol. The van der Waals surface area contributed by atoms with Crippen molar-refractivity contribution in [3.8, 4) is 0 Å². The quantitative estimate of drug-likeness (QED) is 0.0222. The van der Waals surface area contributed by atoms with Crippen molar-refractivity contribution in [1.29, 1.82) is 0 Å². The van der Waals surface area contributed by atoms with Gasteiger partial charge in [0.05, 0.1) is 26.4 Å². The molecule has 19 heteroatoms. The molecule has 4 unspecified atom stereocenters. The van der Waals surface area contributed by atoms with E-state index in [0.29, 0.717) is 31.6 Å². The Morgan fingerprint density at radius 2 is 0.558 bits per heavy atom. The van der Waals surface area contributed by atoms with E-state index in [0.717, 1.165) is 114 Å². The van der Waals surface area contributed by atoms with Gasteiger partial charge in [0, 0.05) is 25.7 Å². The number of unbranched alkanes of at least 4 members (excludes halogenated alkanes) is 28. The summed E-state index contributed by atoms with van der Waals surface area (Å²) in [6, 6.07) is 0. The molecule has 0 spiro atoms. The highest BCUT2D eigenvalue weighted by atomic mass is 31.2. The topological polar surface area (TPSA) is 237 Å². The summed E-state index contributed by atoms with van der Waals surface area (Å²) in [4.78, 5) is 72.4. The lowest BCUT2D eigenvalue weighted by Crippen LogP contribution is -2.30. The minimum atomic E-state index is -4.95. The van der Waals surface area contributed by atoms with E-state index in [9.17, 15) is 43.2 Å². The van der Waals surface area contributed by atoms with Crippen molar-refractivity contribution in [3.05, 3.63) is 0 Å². The van der Waals surface area contributed by atoms with Crippen LogP contribution in [0.2, 0.25) is 0 Å². The Balaban J connectivity index is 5.26. The fourth-order valence-corrected chi connectivity index (χ4v) is 11.5. The van der Waals surface area contributed by atoms with Crippen LogP contribution in [0.4, 0.5) is 0 Å². The van der Waals surface area contributed by atoms with E-state index in [1.807, 2.05) is 0 Å². The Morgan fingerprint density at radius 3 is 0.826 bits per heavy atom. The first-order valence-corrected chi connectivity index (χ1v) is 37.8. The van der Waals surface area contributed by atoms with Crippen molar-refractivity contribution >= 4 is 39.5 Å². The standard InChI is InChI=1S/C67H130O17P2/c1-9-59(7)45-37-29-21-15-11-12-16-23-33-41-49-66(71)83-63(54-78-65(70)48-40-32-26-25-30-38-46-60(8)10-2)56-82-86(75,76)80-52-61(68)51-79-85(73,74)81-55-62(84-67(72)50-42-34-24-18-20-28-36-44-58(5)6)53-77-64(69)47-39-31-22-17-13-14-19-27-35-43-57(3)4/h57-63,68H,9-56H2,1-8H3,(H,73,74)(H,75,76)/t59?,60?,61-,62-,63-/m1/s1. The van der Waals surface area contributed by atoms with Gasteiger partial charge in [0.1, 0.15) is 19.3 Å². The highest BCUT2D eigenvalue weighted by Gasteiger charge is 2.30. The number of ether oxygens (including phenoxy) is 4. The number of phosphoric acid groups is 2. The summed E-state index contributed by atoms with van der Waals surface area (Å²) in [7, 11) is -9.90. The number of phosphoric ester groups is 2. The number of aliphatic hydroxyl groups excluding tert-OH is 1. The Kier molecular flexibility index (Phi) is 55.7. The summed E-state index contributed by atoms with van der Waals surface area (Å²) in [5.74, 6) is 0.837. The van der Waals surface area contributed by atoms with E-state index in [1.54, 1.807) is 0 Å². The molecular weight excluding hydrogens is 1140 g/mol. The highest BCUT2D eigenvalue weighted by Crippen LogP contribution is 2.45. The SMILES string of the molecule is CCC(C)CCCCCCCCCCCCC(=O)O[C@H](COC(=O)CCCCCCCCC(C)CC)COP(=O)(O)OC[C@H](O)COP(=O)(O)OC[C@@H](COC(=O)CCCCCCCCCCCC(C)C)OC(=O)CCCCCCCCCC(C)C. The van der Waals surface area contributed by atoms with Crippen LogP contribution >= 0.6 is 15.6 Å². The van der Waals surface area contributed by atoms with E-state index in [4.69, 9.17) is 37.0 Å². The molecule has 0 fully saturated rings. The van der Waals surface area contributed by atoms with Gasteiger partial charge in [-0.25, -0.2) is 9.13 Å². The Hall–Kier alpha value is -1.94. The number of aliphatic hydroxyl groups is 1. The molecule has 0 aromatic rings. The zero-order valence-corrected chi connectivity index (χ0v) is 57.7. The maximum absolute atomic E-state index is 13.0. The number of rotatable bonds is 64. The van der Waals surface area contributed by atoms with Crippen molar-refractivity contribution < 1.29 is 80.2 Å².